The van der Waals surface area contributed by atoms with Crippen LogP contribution >= 0.6 is 0 Å². The van der Waals surface area contributed by atoms with E-state index in [1.54, 1.807) is 12.0 Å². The summed E-state index contributed by atoms with van der Waals surface area (Å²) in [6, 6.07) is 7.82. The molecule has 0 spiro atoms. The Labute approximate surface area is 162 Å². The van der Waals surface area contributed by atoms with Crippen LogP contribution in [0.3, 0.4) is 0 Å². The van der Waals surface area contributed by atoms with Gasteiger partial charge in [-0.2, -0.15) is 0 Å². The predicted molar refractivity (Wildman–Crippen MR) is 104 cm³/mol. The van der Waals surface area contributed by atoms with Crippen LogP contribution in [0.1, 0.15) is 37.7 Å². The maximum absolute atomic E-state index is 12.3. The number of methoxy groups -OCH3 is 1. The third kappa shape index (κ3) is 5.67. The molecule has 1 aliphatic carbocycles. The Balaban J connectivity index is 1.44. The van der Waals surface area contributed by atoms with Gasteiger partial charge in [0, 0.05) is 19.4 Å². The molecule has 1 heterocycles. The Bertz CT molecular complexity index is 579. The van der Waals surface area contributed by atoms with Crippen LogP contribution in [0.5, 0.6) is 5.75 Å². The second-order valence-electron chi connectivity index (χ2n) is 7.88. The van der Waals surface area contributed by atoms with Crippen LogP contribution in [-0.4, -0.2) is 57.9 Å². The average molecular weight is 378 g/mol. The van der Waals surface area contributed by atoms with Gasteiger partial charge in [0.05, 0.1) is 20.3 Å². The quantitative estimate of drug-likeness (QED) is 0.572. The highest BCUT2D eigenvalue weighted by atomic mass is 16.5. The SMILES string of the molecule is COc1ccc(CNC(=O)C[NH2+]CC2([NH+]3CCOCC3)CCCCC2)cc1. The lowest BCUT2D eigenvalue weighted by Gasteiger charge is -2.43. The molecule has 0 aromatic heterocycles. The smallest absolute Gasteiger partial charge is 0.275 e. The Morgan fingerprint density at radius 3 is 2.56 bits per heavy atom. The molecular formula is C21H35N3O3+2. The van der Waals surface area contributed by atoms with Crippen LogP contribution in [0.25, 0.3) is 0 Å². The lowest BCUT2D eigenvalue weighted by molar-refractivity contribution is -0.974. The lowest BCUT2D eigenvalue weighted by atomic mass is 9.79. The van der Waals surface area contributed by atoms with Gasteiger partial charge in [-0.25, -0.2) is 0 Å². The summed E-state index contributed by atoms with van der Waals surface area (Å²) in [6.45, 7) is 6.07. The Morgan fingerprint density at radius 2 is 1.89 bits per heavy atom. The maximum atomic E-state index is 12.3. The van der Waals surface area contributed by atoms with Gasteiger partial charge in [-0.1, -0.05) is 18.6 Å². The molecule has 6 heteroatoms. The van der Waals surface area contributed by atoms with Crippen LogP contribution in [0, 0.1) is 0 Å². The van der Waals surface area contributed by atoms with Crippen LogP contribution < -0.4 is 20.3 Å². The summed E-state index contributed by atoms with van der Waals surface area (Å²) in [7, 11) is 1.66. The van der Waals surface area contributed by atoms with Gasteiger partial charge in [0.1, 0.15) is 30.9 Å². The van der Waals surface area contributed by atoms with Crippen LogP contribution in [-0.2, 0) is 16.1 Å². The topological polar surface area (TPSA) is 68.6 Å². The van der Waals surface area contributed by atoms with Gasteiger partial charge in [-0.05, 0) is 30.5 Å². The number of carbonyl (C=O) groups is 1. The molecule has 0 unspecified atom stereocenters. The van der Waals surface area contributed by atoms with E-state index in [9.17, 15) is 4.79 Å². The standard InChI is InChI=1S/C21H33N3O3/c1-26-19-7-5-18(6-8-19)15-23-20(25)16-22-17-21(9-3-2-4-10-21)24-11-13-27-14-12-24/h5-8,22H,2-4,9-17H2,1H3,(H,23,25)/p+2. The first-order valence-corrected chi connectivity index (χ1v) is 10.4. The normalized spacial score (nSPS) is 20.2. The number of quaternary nitrogens is 2. The number of benzene rings is 1. The van der Waals surface area contributed by atoms with Gasteiger partial charge in [0.25, 0.3) is 5.91 Å². The van der Waals surface area contributed by atoms with E-state index in [1.165, 1.54) is 32.1 Å². The molecule has 27 heavy (non-hydrogen) atoms. The van der Waals surface area contributed by atoms with Crippen LogP contribution in [0.2, 0.25) is 0 Å². The third-order valence-corrected chi connectivity index (χ3v) is 6.17. The molecule has 150 valence electrons. The zero-order valence-electron chi connectivity index (χ0n) is 16.6. The second-order valence-corrected chi connectivity index (χ2v) is 7.88. The van der Waals surface area contributed by atoms with Gasteiger partial charge in [-0.15, -0.1) is 0 Å². The zero-order valence-corrected chi connectivity index (χ0v) is 16.6. The fraction of sp³-hybridized carbons (Fsp3) is 0.667. The Hall–Kier alpha value is -1.63. The molecule has 0 bridgehead atoms. The molecule has 2 fully saturated rings. The molecule has 4 N–H and O–H groups in total. The number of hydrogen-bond donors (Lipinski definition) is 3. The van der Waals surface area contributed by atoms with E-state index >= 15 is 0 Å². The highest BCUT2D eigenvalue weighted by Gasteiger charge is 2.44. The lowest BCUT2D eigenvalue weighted by Crippen LogP contribution is -3.25. The molecule has 3 rings (SSSR count). The van der Waals surface area contributed by atoms with Gasteiger partial charge in [0.15, 0.2) is 6.54 Å². The highest BCUT2D eigenvalue weighted by molar-refractivity contribution is 5.76. The van der Waals surface area contributed by atoms with Gasteiger partial charge >= 0.3 is 0 Å². The van der Waals surface area contributed by atoms with E-state index in [4.69, 9.17) is 9.47 Å². The van der Waals surface area contributed by atoms with Crippen molar-refractivity contribution < 1.29 is 24.5 Å². The first-order valence-electron chi connectivity index (χ1n) is 10.4. The van der Waals surface area contributed by atoms with E-state index < -0.39 is 0 Å². The van der Waals surface area contributed by atoms with Crippen molar-refractivity contribution in [2.24, 2.45) is 0 Å². The van der Waals surface area contributed by atoms with Crippen molar-refractivity contribution >= 4 is 5.91 Å². The number of nitrogens with one attached hydrogen (secondary N) is 2. The Kier molecular flexibility index (Phi) is 7.50. The van der Waals surface area contributed by atoms with Crippen molar-refractivity contribution in [3.63, 3.8) is 0 Å². The monoisotopic (exact) mass is 377 g/mol. The molecule has 1 aromatic carbocycles. The molecule has 0 atom stereocenters. The molecule has 1 amide bonds. The summed E-state index contributed by atoms with van der Waals surface area (Å²) in [5.74, 6) is 0.940. The van der Waals surface area contributed by atoms with Crippen molar-refractivity contribution in [1.82, 2.24) is 5.32 Å². The van der Waals surface area contributed by atoms with E-state index in [0.717, 1.165) is 44.2 Å². The predicted octanol–water partition coefficient (Wildman–Crippen LogP) is -0.507. The van der Waals surface area contributed by atoms with Crippen molar-refractivity contribution in [2.75, 3.05) is 46.5 Å². The molecule has 1 aromatic rings. The van der Waals surface area contributed by atoms with Crippen molar-refractivity contribution in [1.29, 1.82) is 0 Å². The summed E-state index contributed by atoms with van der Waals surface area (Å²) in [6.07, 6.45) is 6.57. The molecule has 1 saturated carbocycles. The number of ether oxygens (including phenoxy) is 2. The number of nitrogens with two attached hydrogens (primary N) is 1. The highest BCUT2D eigenvalue weighted by Crippen LogP contribution is 2.24. The minimum atomic E-state index is 0.105. The Morgan fingerprint density at radius 1 is 1.19 bits per heavy atom. The van der Waals surface area contributed by atoms with E-state index in [0.29, 0.717) is 18.6 Å². The molecular weight excluding hydrogens is 342 g/mol. The number of morpholine rings is 1. The number of hydrogen-bond acceptors (Lipinski definition) is 3. The summed E-state index contributed by atoms with van der Waals surface area (Å²) in [5, 5.41) is 5.25. The third-order valence-electron chi connectivity index (χ3n) is 6.17. The van der Waals surface area contributed by atoms with E-state index in [-0.39, 0.29) is 5.91 Å². The van der Waals surface area contributed by atoms with Gasteiger partial charge < -0.3 is 25.0 Å². The van der Waals surface area contributed by atoms with Crippen molar-refractivity contribution in [2.45, 2.75) is 44.2 Å². The van der Waals surface area contributed by atoms with E-state index in [1.807, 2.05) is 24.3 Å². The number of carbonyl (C=O) groups excluding carboxylic acids is 1. The number of rotatable bonds is 8. The fourth-order valence-electron chi connectivity index (χ4n) is 4.57. The minimum absolute atomic E-state index is 0.105. The summed E-state index contributed by atoms with van der Waals surface area (Å²) in [4.78, 5) is 14.0. The first-order chi connectivity index (χ1) is 13.2. The van der Waals surface area contributed by atoms with Crippen molar-refractivity contribution in [3.8, 4) is 5.75 Å². The number of amides is 1. The molecule has 2 aliphatic rings. The zero-order chi connectivity index (χ0) is 19.0. The minimum Gasteiger partial charge on any atom is -0.497 e. The van der Waals surface area contributed by atoms with Gasteiger partial charge in [-0.3, -0.25) is 4.79 Å². The van der Waals surface area contributed by atoms with Gasteiger partial charge in [0.2, 0.25) is 0 Å². The largest absolute Gasteiger partial charge is 0.497 e. The summed E-state index contributed by atoms with van der Waals surface area (Å²) >= 11 is 0. The molecule has 0 radical (unpaired) electrons. The fourth-order valence-corrected chi connectivity index (χ4v) is 4.57. The van der Waals surface area contributed by atoms with Crippen LogP contribution in [0.4, 0.5) is 0 Å². The first kappa shape index (κ1) is 20.1. The molecule has 1 saturated heterocycles. The maximum Gasteiger partial charge on any atom is 0.275 e. The summed E-state index contributed by atoms with van der Waals surface area (Å²) < 4.78 is 10.7. The van der Waals surface area contributed by atoms with Crippen molar-refractivity contribution in [3.05, 3.63) is 29.8 Å². The average Bonchev–Trinajstić information content (AvgIpc) is 2.74. The molecule has 1 aliphatic heterocycles. The van der Waals surface area contributed by atoms with E-state index in [2.05, 4.69) is 10.6 Å². The van der Waals surface area contributed by atoms with Crippen LogP contribution in [0.15, 0.2) is 24.3 Å². The molecule has 6 nitrogen and oxygen atoms in total. The second kappa shape index (κ2) is 10.1. The summed E-state index contributed by atoms with van der Waals surface area (Å²) in [5.41, 5.74) is 1.42.